The maximum absolute atomic E-state index is 5.94. The summed E-state index contributed by atoms with van der Waals surface area (Å²) in [4.78, 5) is 0. The molecule has 4 heteroatoms. The van der Waals surface area contributed by atoms with Gasteiger partial charge in [0.05, 0.1) is 22.1 Å². The van der Waals surface area contributed by atoms with Gasteiger partial charge in [0.2, 0.25) is 0 Å². The van der Waals surface area contributed by atoms with Crippen molar-refractivity contribution in [3.05, 3.63) is 52.0 Å². The van der Waals surface area contributed by atoms with Crippen molar-refractivity contribution >= 4 is 44.6 Å². The van der Waals surface area contributed by atoms with E-state index in [1.807, 2.05) is 36.4 Å². The summed E-state index contributed by atoms with van der Waals surface area (Å²) in [5.41, 5.74) is 8.19. The molecule has 2 rings (SSSR count). The van der Waals surface area contributed by atoms with Gasteiger partial charge in [0.1, 0.15) is 0 Å². The van der Waals surface area contributed by atoms with Gasteiger partial charge in [-0.15, -0.1) is 0 Å². The van der Waals surface area contributed by atoms with Gasteiger partial charge in [0.15, 0.2) is 0 Å². The summed E-state index contributed by atoms with van der Waals surface area (Å²) in [5, 5.41) is 3.78. The van der Waals surface area contributed by atoms with E-state index in [0.717, 1.165) is 15.8 Å². The molecule has 0 saturated carbocycles. The van der Waals surface area contributed by atoms with Crippen molar-refractivity contribution in [3.63, 3.8) is 0 Å². The Balaban J connectivity index is 2.35. The van der Waals surface area contributed by atoms with E-state index in [-0.39, 0.29) is 0 Å². The lowest BCUT2D eigenvalue weighted by molar-refractivity contribution is 1.52. The smallest absolute Gasteiger partial charge is 0.0742 e. The molecule has 0 aliphatic carbocycles. The van der Waals surface area contributed by atoms with Crippen molar-refractivity contribution in [1.82, 2.24) is 0 Å². The van der Waals surface area contributed by atoms with E-state index >= 15 is 0 Å². The number of nitrogen functional groups attached to an aromatic ring is 1. The lowest BCUT2D eigenvalue weighted by Gasteiger charge is -2.11. The fourth-order valence-electron chi connectivity index (χ4n) is 1.35. The van der Waals surface area contributed by atoms with E-state index in [1.165, 1.54) is 0 Å². The third-order valence-electron chi connectivity index (χ3n) is 2.20. The zero-order valence-corrected chi connectivity index (χ0v) is 10.7. The minimum absolute atomic E-state index is 0.553. The van der Waals surface area contributed by atoms with E-state index < -0.39 is 0 Å². The molecule has 0 radical (unpaired) electrons. The molecule has 16 heavy (non-hydrogen) atoms. The lowest BCUT2D eigenvalue weighted by Crippen LogP contribution is -1.97. The largest absolute Gasteiger partial charge is 0.396 e. The summed E-state index contributed by atoms with van der Waals surface area (Å²) < 4.78 is 0.981. The van der Waals surface area contributed by atoms with Gasteiger partial charge in [-0.3, -0.25) is 0 Å². The van der Waals surface area contributed by atoms with Crippen molar-refractivity contribution in [2.45, 2.75) is 0 Å². The van der Waals surface area contributed by atoms with Crippen molar-refractivity contribution in [2.75, 3.05) is 11.1 Å². The zero-order chi connectivity index (χ0) is 11.5. The SMILES string of the molecule is Nc1c(Cl)cccc1Nc1ccccc1Br. The van der Waals surface area contributed by atoms with Crippen molar-refractivity contribution in [2.24, 2.45) is 0 Å². The second-order valence-electron chi connectivity index (χ2n) is 3.31. The third-order valence-corrected chi connectivity index (χ3v) is 3.22. The van der Waals surface area contributed by atoms with Crippen LogP contribution in [0.25, 0.3) is 0 Å². The molecule has 0 aliphatic heterocycles. The normalized spacial score (nSPS) is 10.1. The number of halogens is 2. The predicted molar refractivity (Wildman–Crippen MR) is 73.3 cm³/mol. The first-order valence-electron chi connectivity index (χ1n) is 4.74. The van der Waals surface area contributed by atoms with Crippen LogP contribution in [0.15, 0.2) is 46.9 Å². The summed E-state index contributed by atoms with van der Waals surface area (Å²) in [6, 6.07) is 13.3. The summed E-state index contributed by atoms with van der Waals surface area (Å²) in [6.45, 7) is 0. The van der Waals surface area contributed by atoms with Crippen LogP contribution < -0.4 is 11.1 Å². The topological polar surface area (TPSA) is 38.0 Å². The molecule has 0 unspecified atom stereocenters. The Hall–Kier alpha value is -1.19. The van der Waals surface area contributed by atoms with Crippen LogP contribution in [-0.2, 0) is 0 Å². The standard InChI is InChI=1S/C12H10BrClN2/c13-8-4-1-2-6-10(8)16-11-7-3-5-9(14)12(11)15/h1-7,16H,15H2. The minimum Gasteiger partial charge on any atom is -0.396 e. The Kier molecular flexibility index (Phi) is 3.36. The van der Waals surface area contributed by atoms with E-state index in [2.05, 4.69) is 21.2 Å². The highest BCUT2D eigenvalue weighted by molar-refractivity contribution is 9.10. The van der Waals surface area contributed by atoms with Gasteiger partial charge in [-0.1, -0.05) is 29.8 Å². The Labute approximate surface area is 108 Å². The fourth-order valence-corrected chi connectivity index (χ4v) is 1.91. The van der Waals surface area contributed by atoms with E-state index in [1.54, 1.807) is 6.07 Å². The quantitative estimate of drug-likeness (QED) is 0.805. The van der Waals surface area contributed by atoms with Crippen LogP contribution >= 0.6 is 27.5 Å². The summed E-state index contributed by atoms with van der Waals surface area (Å²) in [7, 11) is 0. The number of hydrogen-bond donors (Lipinski definition) is 2. The van der Waals surface area contributed by atoms with Crippen LogP contribution in [0.2, 0.25) is 5.02 Å². The summed E-state index contributed by atoms with van der Waals surface area (Å²) in [6.07, 6.45) is 0. The molecule has 82 valence electrons. The maximum atomic E-state index is 5.94. The van der Waals surface area contributed by atoms with Gasteiger partial charge in [-0.05, 0) is 40.2 Å². The molecule has 2 nitrogen and oxygen atoms in total. The van der Waals surface area contributed by atoms with Crippen LogP contribution in [0.1, 0.15) is 0 Å². The third kappa shape index (κ3) is 2.31. The molecular formula is C12H10BrClN2. The zero-order valence-electron chi connectivity index (χ0n) is 8.37. The van der Waals surface area contributed by atoms with Crippen molar-refractivity contribution in [1.29, 1.82) is 0 Å². The van der Waals surface area contributed by atoms with Crippen molar-refractivity contribution < 1.29 is 0 Å². The van der Waals surface area contributed by atoms with Crippen LogP contribution in [0.5, 0.6) is 0 Å². The first-order valence-corrected chi connectivity index (χ1v) is 5.91. The Morgan fingerprint density at radius 3 is 2.44 bits per heavy atom. The van der Waals surface area contributed by atoms with Gasteiger partial charge in [0.25, 0.3) is 0 Å². The number of rotatable bonds is 2. The van der Waals surface area contributed by atoms with Crippen LogP contribution in [-0.4, -0.2) is 0 Å². The van der Waals surface area contributed by atoms with Gasteiger partial charge < -0.3 is 11.1 Å². The molecule has 0 spiro atoms. The molecule has 0 heterocycles. The average molecular weight is 298 g/mol. The van der Waals surface area contributed by atoms with Crippen LogP contribution in [0.3, 0.4) is 0 Å². The second-order valence-corrected chi connectivity index (χ2v) is 4.57. The highest BCUT2D eigenvalue weighted by Crippen LogP contribution is 2.31. The number of nitrogens with two attached hydrogens (primary N) is 1. The molecule has 0 bridgehead atoms. The maximum Gasteiger partial charge on any atom is 0.0742 e. The molecule has 0 aliphatic rings. The fraction of sp³-hybridized carbons (Fsp3) is 0. The lowest BCUT2D eigenvalue weighted by atomic mass is 10.2. The van der Waals surface area contributed by atoms with Crippen molar-refractivity contribution in [3.8, 4) is 0 Å². The average Bonchev–Trinajstić information content (AvgIpc) is 2.28. The Morgan fingerprint density at radius 2 is 1.69 bits per heavy atom. The molecule has 0 amide bonds. The predicted octanol–water partition coefficient (Wildman–Crippen LogP) is 4.43. The van der Waals surface area contributed by atoms with Gasteiger partial charge >= 0.3 is 0 Å². The molecule has 0 saturated heterocycles. The molecule has 3 N–H and O–H groups in total. The monoisotopic (exact) mass is 296 g/mol. The number of hydrogen-bond acceptors (Lipinski definition) is 2. The van der Waals surface area contributed by atoms with Gasteiger partial charge in [0, 0.05) is 4.47 Å². The van der Waals surface area contributed by atoms with Gasteiger partial charge in [-0.2, -0.15) is 0 Å². The molecule has 0 fully saturated rings. The van der Waals surface area contributed by atoms with Gasteiger partial charge in [-0.25, -0.2) is 0 Å². The molecule has 2 aromatic rings. The highest BCUT2D eigenvalue weighted by Gasteiger charge is 2.04. The van der Waals surface area contributed by atoms with E-state index in [0.29, 0.717) is 10.7 Å². The minimum atomic E-state index is 0.553. The molecule has 2 aromatic carbocycles. The summed E-state index contributed by atoms with van der Waals surface area (Å²) >= 11 is 9.40. The number of para-hydroxylation sites is 2. The first kappa shape index (κ1) is 11.3. The summed E-state index contributed by atoms with van der Waals surface area (Å²) in [5.74, 6) is 0. The highest BCUT2D eigenvalue weighted by atomic mass is 79.9. The van der Waals surface area contributed by atoms with E-state index in [4.69, 9.17) is 17.3 Å². The molecule has 0 aromatic heterocycles. The number of nitrogens with one attached hydrogen (secondary N) is 1. The Bertz CT molecular complexity index is 514. The number of benzene rings is 2. The van der Waals surface area contributed by atoms with Crippen LogP contribution in [0.4, 0.5) is 17.1 Å². The first-order chi connectivity index (χ1) is 7.68. The molecular weight excluding hydrogens is 288 g/mol. The van der Waals surface area contributed by atoms with E-state index in [9.17, 15) is 0 Å². The Morgan fingerprint density at radius 1 is 1.00 bits per heavy atom. The molecule has 0 atom stereocenters. The second kappa shape index (κ2) is 4.76. The number of anilines is 3. The van der Waals surface area contributed by atoms with Crippen LogP contribution in [0, 0.1) is 0 Å².